The highest BCUT2D eigenvalue weighted by Gasteiger charge is 2.18. The number of rotatable bonds is 2. The molecule has 0 saturated heterocycles. The maximum absolute atomic E-state index is 11.1. The zero-order chi connectivity index (χ0) is 15.5. The summed E-state index contributed by atoms with van der Waals surface area (Å²) in [6.07, 6.45) is 3.69. The Morgan fingerprint density at radius 2 is 2.19 bits per heavy atom. The topological polar surface area (TPSA) is 79.9 Å². The van der Waals surface area contributed by atoms with Crippen molar-refractivity contribution < 1.29 is 9.53 Å². The molecule has 0 unspecified atom stereocenters. The Labute approximate surface area is 123 Å². The first kappa shape index (κ1) is 14.9. The summed E-state index contributed by atoms with van der Waals surface area (Å²) in [6, 6.07) is 0. The molecule has 6 nitrogen and oxygen atoms in total. The number of hydrogen-bond donors (Lipinski definition) is 2. The quantitative estimate of drug-likeness (QED) is 0.818. The normalized spacial score (nSPS) is 10.9. The summed E-state index contributed by atoms with van der Waals surface area (Å²) in [7, 11) is 1.55. The highest BCUT2D eigenvalue weighted by molar-refractivity contribution is 5.93. The molecule has 0 saturated carbocycles. The Bertz CT molecular complexity index is 717. The average Bonchev–Trinajstić information content (AvgIpc) is 2.81. The van der Waals surface area contributed by atoms with Gasteiger partial charge in [-0.2, -0.15) is 0 Å². The van der Waals surface area contributed by atoms with Crippen LogP contribution < -0.4 is 10.1 Å². The number of nitrogens with one attached hydrogen (secondary N) is 2. The Morgan fingerprint density at radius 1 is 1.43 bits per heavy atom. The van der Waals surface area contributed by atoms with Gasteiger partial charge >= 0.3 is 0 Å². The molecule has 2 aromatic rings. The average molecular weight is 286 g/mol. The van der Waals surface area contributed by atoms with Crippen LogP contribution in [0.4, 0.5) is 0 Å². The third-order valence-electron chi connectivity index (χ3n) is 2.63. The van der Waals surface area contributed by atoms with E-state index >= 15 is 0 Å². The monoisotopic (exact) mass is 286 g/mol. The van der Waals surface area contributed by atoms with Crippen LogP contribution in [0.25, 0.3) is 11.0 Å². The number of H-pyrrole nitrogens is 1. The first-order chi connectivity index (χ1) is 9.90. The zero-order valence-electron chi connectivity index (χ0n) is 12.6. The summed E-state index contributed by atoms with van der Waals surface area (Å²) in [6.45, 7) is 5.87. The van der Waals surface area contributed by atoms with Crippen LogP contribution in [0.2, 0.25) is 0 Å². The summed E-state index contributed by atoms with van der Waals surface area (Å²) in [4.78, 5) is 22.6. The van der Waals surface area contributed by atoms with Crippen LogP contribution >= 0.6 is 0 Å². The minimum Gasteiger partial charge on any atom is -0.471 e. The van der Waals surface area contributed by atoms with E-state index in [-0.39, 0.29) is 11.5 Å². The number of aromatic amines is 1. The lowest BCUT2D eigenvalue weighted by atomic mass is 10.1. The summed E-state index contributed by atoms with van der Waals surface area (Å²) in [5, 5.41) is 3.26. The van der Waals surface area contributed by atoms with Crippen LogP contribution in [-0.4, -0.2) is 33.5 Å². The third-order valence-corrected chi connectivity index (χ3v) is 2.63. The standard InChI is InChI=1S/C15H18N4O2/c1-15(2,3)21-14-12-10(6-5-7-11(20)16-4)8-17-13(12)18-9-19-14/h8-9H,6H2,1-4H3,(H,16,20)(H,17,18,19). The van der Waals surface area contributed by atoms with Gasteiger partial charge in [0.1, 0.15) is 17.6 Å². The number of carbonyl (C=O) groups excluding carboxylic acids is 1. The first-order valence-corrected chi connectivity index (χ1v) is 6.61. The van der Waals surface area contributed by atoms with Gasteiger partial charge in [-0.15, -0.1) is 0 Å². The van der Waals surface area contributed by atoms with Gasteiger partial charge in [0, 0.05) is 19.7 Å². The van der Waals surface area contributed by atoms with E-state index in [0.29, 0.717) is 17.9 Å². The van der Waals surface area contributed by atoms with E-state index in [1.165, 1.54) is 6.33 Å². The van der Waals surface area contributed by atoms with Crippen molar-refractivity contribution in [2.45, 2.75) is 32.8 Å². The molecule has 2 heterocycles. The lowest BCUT2D eigenvalue weighted by Gasteiger charge is -2.20. The molecule has 0 aliphatic rings. The lowest BCUT2D eigenvalue weighted by Crippen LogP contribution is -2.23. The number of amides is 1. The molecule has 21 heavy (non-hydrogen) atoms. The largest absolute Gasteiger partial charge is 0.471 e. The van der Waals surface area contributed by atoms with E-state index in [4.69, 9.17) is 4.74 Å². The predicted octanol–water partition coefficient (Wildman–Crippen LogP) is 1.43. The van der Waals surface area contributed by atoms with Crippen LogP contribution in [0.3, 0.4) is 0 Å². The van der Waals surface area contributed by atoms with Crippen molar-refractivity contribution in [1.82, 2.24) is 20.3 Å². The molecule has 0 aliphatic carbocycles. The highest BCUT2D eigenvalue weighted by Crippen LogP contribution is 2.27. The predicted molar refractivity (Wildman–Crippen MR) is 79.8 cm³/mol. The molecule has 0 spiro atoms. The van der Waals surface area contributed by atoms with E-state index < -0.39 is 0 Å². The molecule has 2 N–H and O–H groups in total. The van der Waals surface area contributed by atoms with E-state index in [9.17, 15) is 4.79 Å². The zero-order valence-corrected chi connectivity index (χ0v) is 12.6. The molecular weight excluding hydrogens is 268 g/mol. The molecule has 0 atom stereocenters. The van der Waals surface area contributed by atoms with Crippen LogP contribution in [0, 0.1) is 11.8 Å². The summed E-state index contributed by atoms with van der Waals surface area (Å²) < 4.78 is 5.86. The molecule has 0 fully saturated rings. The number of hydrogen-bond acceptors (Lipinski definition) is 4. The van der Waals surface area contributed by atoms with Crippen LogP contribution in [0.1, 0.15) is 26.3 Å². The van der Waals surface area contributed by atoms with E-state index in [1.807, 2.05) is 27.0 Å². The van der Waals surface area contributed by atoms with Gasteiger partial charge in [0.05, 0.1) is 5.39 Å². The van der Waals surface area contributed by atoms with Crippen molar-refractivity contribution in [3.8, 4) is 17.7 Å². The second-order valence-electron chi connectivity index (χ2n) is 5.49. The minimum absolute atomic E-state index is 0.308. The third kappa shape index (κ3) is 3.72. The van der Waals surface area contributed by atoms with Crippen molar-refractivity contribution in [3.05, 3.63) is 18.1 Å². The molecule has 2 rings (SSSR count). The van der Waals surface area contributed by atoms with Crippen molar-refractivity contribution in [3.63, 3.8) is 0 Å². The van der Waals surface area contributed by atoms with E-state index in [0.717, 1.165) is 10.9 Å². The van der Waals surface area contributed by atoms with E-state index in [2.05, 4.69) is 32.1 Å². The molecular formula is C15H18N4O2. The Hall–Kier alpha value is -2.55. The Kier molecular flexibility index (Phi) is 4.13. The number of aromatic nitrogens is 3. The Balaban J connectivity index is 2.36. The SMILES string of the molecule is CNC(=O)C#CCc1c[nH]c2ncnc(OC(C)(C)C)c12. The molecule has 2 aromatic heterocycles. The van der Waals surface area contributed by atoms with Gasteiger partial charge in [-0.3, -0.25) is 4.79 Å². The number of carbonyl (C=O) groups is 1. The first-order valence-electron chi connectivity index (χ1n) is 6.61. The number of nitrogens with zero attached hydrogens (tertiary/aromatic N) is 2. The molecule has 0 aromatic carbocycles. The van der Waals surface area contributed by atoms with Gasteiger partial charge in [0.15, 0.2) is 0 Å². The maximum Gasteiger partial charge on any atom is 0.295 e. The van der Waals surface area contributed by atoms with Gasteiger partial charge in [-0.05, 0) is 32.3 Å². The second-order valence-corrected chi connectivity index (χ2v) is 5.49. The number of fused-ring (bicyclic) bond motifs is 1. The molecule has 110 valence electrons. The maximum atomic E-state index is 11.1. The van der Waals surface area contributed by atoms with Crippen molar-refractivity contribution in [2.75, 3.05) is 7.05 Å². The second kappa shape index (κ2) is 5.83. The smallest absolute Gasteiger partial charge is 0.295 e. The summed E-state index contributed by atoms with van der Waals surface area (Å²) in [5.74, 6) is 5.55. The van der Waals surface area contributed by atoms with Crippen molar-refractivity contribution in [2.24, 2.45) is 0 Å². The minimum atomic E-state index is -0.358. The summed E-state index contributed by atoms with van der Waals surface area (Å²) >= 11 is 0. The fraction of sp³-hybridized carbons (Fsp3) is 0.400. The molecule has 0 aliphatic heterocycles. The number of ether oxygens (including phenoxy) is 1. The highest BCUT2D eigenvalue weighted by atomic mass is 16.5. The van der Waals surface area contributed by atoms with Gasteiger partial charge in [-0.1, -0.05) is 5.92 Å². The van der Waals surface area contributed by atoms with Gasteiger partial charge in [0.25, 0.3) is 5.91 Å². The summed E-state index contributed by atoms with van der Waals surface area (Å²) in [5.41, 5.74) is 1.24. The van der Waals surface area contributed by atoms with Crippen molar-refractivity contribution in [1.29, 1.82) is 0 Å². The lowest BCUT2D eigenvalue weighted by molar-refractivity contribution is -0.115. The molecule has 0 bridgehead atoms. The van der Waals surface area contributed by atoms with Crippen LogP contribution in [0.5, 0.6) is 5.88 Å². The molecule has 1 amide bonds. The fourth-order valence-electron chi connectivity index (χ4n) is 1.78. The van der Waals surface area contributed by atoms with Crippen molar-refractivity contribution >= 4 is 16.9 Å². The molecule has 6 heteroatoms. The fourth-order valence-corrected chi connectivity index (χ4v) is 1.78. The van der Waals surface area contributed by atoms with Crippen LogP contribution in [0.15, 0.2) is 12.5 Å². The molecule has 0 radical (unpaired) electrons. The van der Waals surface area contributed by atoms with Gasteiger partial charge in [-0.25, -0.2) is 9.97 Å². The van der Waals surface area contributed by atoms with Crippen LogP contribution in [-0.2, 0) is 11.2 Å². The van der Waals surface area contributed by atoms with Gasteiger partial charge < -0.3 is 15.0 Å². The van der Waals surface area contributed by atoms with E-state index in [1.54, 1.807) is 7.05 Å². The van der Waals surface area contributed by atoms with Gasteiger partial charge in [0.2, 0.25) is 5.88 Å². The Morgan fingerprint density at radius 3 is 2.86 bits per heavy atom.